The van der Waals surface area contributed by atoms with Gasteiger partial charge in [0.15, 0.2) is 0 Å². The average Bonchev–Trinajstić information content (AvgIpc) is 2.17. The predicted molar refractivity (Wildman–Crippen MR) is 54.2 cm³/mol. The lowest BCUT2D eigenvalue weighted by Crippen LogP contribution is -1.96. The number of hydrogen-bond acceptors (Lipinski definition) is 3. The molecule has 0 spiro atoms. The zero-order valence-electron chi connectivity index (χ0n) is 7.29. The van der Waals surface area contributed by atoms with E-state index in [1.54, 1.807) is 0 Å². The zero-order valence-corrected chi connectivity index (χ0v) is 8.80. The first-order valence-electron chi connectivity index (χ1n) is 3.67. The van der Waals surface area contributed by atoms with Crippen LogP contribution in [0.1, 0.15) is 5.56 Å². The summed E-state index contributed by atoms with van der Waals surface area (Å²) < 4.78 is 4.91. The molecule has 0 saturated heterocycles. The van der Waals surface area contributed by atoms with Crippen molar-refractivity contribution in [2.24, 2.45) is 0 Å². The van der Waals surface area contributed by atoms with Crippen molar-refractivity contribution in [2.75, 3.05) is 7.11 Å². The largest absolute Gasteiger partial charge is 0.495 e. The molecule has 76 valence electrons. The van der Waals surface area contributed by atoms with Gasteiger partial charge in [0, 0.05) is 6.07 Å². The van der Waals surface area contributed by atoms with Gasteiger partial charge in [-0.3, -0.25) is 10.1 Å². The average molecular weight is 236 g/mol. The molecule has 0 unspecified atom stereocenters. The molecule has 0 amide bonds. The van der Waals surface area contributed by atoms with Gasteiger partial charge in [-0.05, 0) is 6.07 Å². The number of rotatable bonds is 3. The van der Waals surface area contributed by atoms with Crippen LogP contribution in [0.4, 0.5) is 5.69 Å². The van der Waals surface area contributed by atoms with E-state index in [-0.39, 0.29) is 22.2 Å². The Hall–Kier alpha value is -1.00. The van der Waals surface area contributed by atoms with Gasteiger partial charge in [-0.1, -0.05) is 11.6 Å². The number of nitro groups is 1. The number of hydrogen-bond donors (Lipinski definition) is 0. The topological polar surface area (TPSA) is 52.4 Å². The van der Waals surface area contributed by atoms with Crippen LogP contribution in [-0.2, 0) is 5.88 Å². The van der Waals surface area contributed by atoms with Crippen LogP contribution in [0.25, 0.3) is 0 Å². The highest BCUT2D eigenvalue weighted by molar-refractivity contribution is 6.34. The van der Waals surface area contributed by atoms with Gasteiger partial charge in [-0.15, -0.1) is 11.6 Å². The van der Waals surface area contributed by atoms with E-state index in [9.17, 15) is 10.1 Å². The van der Waals surface area contributed by atoms with Crippen molar-refractivity contribution in [3.05, 3.63) is 32.8 Å². The molecule has 1 aromatic carbocycles. The molecule has 0 bridgehead atoms. The molecule has 14 heavy (non-hydrogen) atoms. The summed E-state index contributed by atoms with van der Waals surface area (Å²) in [6.45, 7) is 0. The van der Waals surface area contributed by atoms with Gasteiger partial charge in [-0.25, -0.2) is 0 Å². The Kier molecular flexibility index (Phi) is 3.55. The molecule has 1 rings (SSSR count). The van der Waals surface area contributed by atoms with Gasteiger partial charge in [-0.2, -0.15) is 0 Å². The summed E-state index contributed by atoms with van der Waals surface area (Å²) in [7, 11) is 1.44. The Balaban J connectivity index is 3.35. The summed E-state index contributed by atoms with van der Waals surface area (Å²) in [6, 6.07) is 2.76. The maximum Gasteiger partial charge on any atom is 0.275 e. The van der Waals surface area contributed by atoms with E-state index in [0.29, 0.717) is 5.75 Å². The van der Waals surface area contributed by atoms with Gasteiger partial charge >= 0.3 is 0 Å². The Labute approximate surface area is 90.5 Å². The molecule has 4 nitrogen and oxygen atoms in total. The van der Waals surface area contributed by atoms with Crippen LogP contribution < -0.4 is 4.74 Å². The van der Waals surface area contributed by atoms with Crippen LogP contribution in [0.5, 0.6) is 5.75 Å². The van der Waals surface area contributed by atoms with Crippen molar-refractivity contribution in [1.82, 2.24) is 0 Å². The SMILES string of the molecule is COc1ccc([N+](=O)[O-])c(CCl)c1Cl. The number of ether oxygens (including phenoxy) is 1. The second-order valence-electron chi connectivity index (χ2n) is 2.47. The highest BCUT2D eigenvalue weighted by Crippen LogP contribution is 2.35. The van der Waals surface area contributed by atoms with Crippen molar-refractivity contribution in [3.8, 4) is 5.75 Å². The molecule has 0 saturated carbocycles. The third kappa shape index (κ3) is 1.91. The lowest BCUT2D eigenvalue weighted by molar-refractivity contribution is -0.385. The first-order valence-corrected chi connectivity index (χ1v) is 4.58. The standard InChI is InChI=1S/C8H7Cl2NO3/c1-14-7-3-2-6(11(12)13)5(4-9)8(7)10/h2-3H,4H2,1H3. The Morgan fingerprint density at radius 1 is 1.57 bits per heavy atom. The summed E-state index contributed by atoms with van der Waals surface area (Å²) in [5.74, 6) is 0.361. The fourth-order valence-corrected chi connectivity index (χ4v) is 1.69. The number of methoxy groups -OCH3 is 1. The van der Waals surface area contributed by atoms with E-state index < -0.39 is 4.92 Å². The van der Waals surface area contributed by atoms with Crippen LogP contribution in [0.3, 0.4) is 0 Å². The third-order valence-corrected chi connectivity index (χ3v) is 2.41. The van der Waals surface area contributed by atoms with E-state index >= 15 is 0 Å². The summed E-state index contributed by atoms with van der Waals surface area (Å²) >= 11 is 11.4. The van der Waals surface area contributed by atoms with Crippen molar-refractivity contribution < 1.29 is 9.66 Å². The van der Waals surface area contributed by atoms with Crippen LogP contribution in [0.2, 0.25) is 5.02 Å². The minimum Gasteiger partial charge on any atom is -0.495 e. The van der Waals surface area contributed by atoms with Crippen LogP contribution >= 0.6 is 23.2 Å². The van der Waals surface area contributed by atoms with E-state index in [4.69, 9.17) is 27.9 Å². The first kappa shape index (κ1) is 11.1. The quantitative estimate of drug-likeness (QED) is 0.460. The summed E-state index contributed by atoms with van der Waals surface area (Å²) in [4.78, 5) is 10.1. The molecule has 0 heterocycles. The smallest absolute Gasteiger partial charge is 0.275 e. The Bertz CT molecular complexity index is 368. The third-order valence-electron chi connectivity index (χ3n) is 1.73. The summed E-state index contributed by atoms with van der Waals surface area (Å²) in [5, 5.41) is 10.8. The van der Waals surface area contributed by atoms with Crippen molar-refractivity contribution in [3.63, 3.8) is 0 Å². The number of nitro benzene ring substituents is 1. The minimum absolute atomic E-state index is 0.0215. The fourth-order valence-electron chi connectivity index (χ4n) is 1.05. The number of halogens is 2. The first-order chi connectivity index (χ1) is 6.61. The Morgan fingerprint density at radius 2 is 2.21 bits per heavy atom. The molecule has 0 aliphatic rings. The van der Waals surface area contributed by atoms with E-state index in [1.165, 1.54) is 19.2 Å². The molecule has 0 aliphatic heterocycles. The second kappa shape index (κ2) is 4.48. The molecule has 6 heteroatoms. The molecular weight excluding hydrogens is 229 g/mol. The molecule has 0 atom stereocenters. The highest BCUT2D eigenvalue weighted by atomic mass is 35.5. The molecular formula is C8H7Cl2NO3. The fraction of sp³-hybridized carbons (Fsp3) is 0.250. The van der Waals surface area contributed by atoms with Gasteiger partial charge in [0.25, 0.3) is 5.69 Å². The van der Waals surface area contributed by atoms with Crippen molar-refractivity contribution in [1.29, 1.82) is 0 Å². The van der Waals surface area contributed by atoms with Gasteiger partial charge in [0.05, 0.1) is 28.5 Å². The zero-order chi connectivity index (χ0) is 10.7. The van der Waals surface area contributed by atoms with Crippen LogP contribution in [-0.4, -0.2) is 12.0 Å². The lowest BCUT2D eigenvalue weighted by atomic mass is 10.2. The van der Waals surface area contributed by atoms with Crippen LogP contribution in [0.15, 0.2) is 12.1 Å². The predicted octanol–water partition coefficient (Wildman–Crippen LogP) is 3.00. The number of alkyl halides is 1. The van der Waals surface area contributed by atoms with Crippen molar-refractivity contribution >= 4 is 28.9 Å². The maximum absolute atomic E-state index is 10.6. The van der Waals surface area contributed by atoms with E-state index in [1.807, 2.05) is 0 Å². The number of benzene rings is 1. The minimum atomic E-state index is -0.525. The molecule has 0 N–H and O–H groups in total. The second-order valence-corrected chi connectivity index (χ2v) is 3.12. The monoisotopic (exact) mass is 235 g/mol. The Morgan fingerprint density at radius 3 is 2.64 bits per heavy atom. The highest BCUT2D eigenvalue weighted by Gasteiger charge is 2.19. The molecule has 1 aromatic rings. The van der Waals surface area contributed by atoms with E-state index in [2.05, 4.69) is 0 Å². The van der Waals surface area contributed by atoms with E-state index in [0.717, 1.165) is 0 Å². The van der Waals surface area contributed by atoms with Gasteiger partial charge in [0.1, 0.15) is 5.75 Å². The van der Waals surface area contributed by atoms with Gasteiger partial charge < -0.3 is 4.74 Å². The normalized spacial score (nSPS) is 9.93. The summed E-state index contributed by atoms with van der Waals surface area (Å²) in [5.41, 5.74) is 0.184. The lowest BCUT2D eigenvalue weighted by Gasteiger charge is -2.06. The maximum atomic E-state index is 10.6. The molecule has 0 radical (unpaired) electrons. The van der Waals surface area contributed by atoms with Gasteiger partial charge in [0.2, 0.25) is 0 Å². The summed E-state index contributed by atoms with van der Waals surface area (Å²) in [6.07, 6.45) is 0. The molecule has 0 aromatic heterocycles. The number of nitrogens with zero attached hydrogens (tertiary/aromatic N) is 1. The molecule has 0 aliphatic carbocycles. The van der Waals surface area contributed by atoms with Crippen molar-refractivity contribution in [2.45, 2.75) is 5.88 Å². The molecule has 0 fully saturated rings. The van der Waals surface area contributed by atoms with Crippen LogP contribution in [0, 0.1) is 10.1 Å².